The minimum atomic E-state index is 0.114. The molecule has 0 bridgehead atoms. The maximum atomic E-state index is 5.97. The highest BCUT2D eigenvalue weighted by Crippen LogP contribution is 2.36. The molecule has 0 saturated carbocycles. The Morgan fingerprint density at radius 1 is 1.19 bits per heavy atom. The number of piperidine rings is 1. The molecule has 7 heteroatoms. The van der Waals surface area contributed by atoms with Crippen LogP contribution in [0.3, 0.4) is 0 Å². The number of rotatable bonds is 4. The van der Waals surface area contributed by atoms with Crippen LogP contribution in [0, 0.1) is 0 Å². The second-order valence-corrected chi connectivity index (χ2v) is 8.96. The fraction of sp³-hybridized carbons (Fsp3) is 0.350. The Hall–Kier alpha value is -2.09. The Kier molecular flexibility index (Phi) is 4.51. The van der Waals surface area contributed by atoms with E-state index in [-0.39, 0.29) is 6.04 Å². The van der Waals surface area contributed by atoms with E-state index < -0.39 is 0 Å². The van der Waals surface area contributed by atoms with Gasteiger partial charge in [0.15, 0.2) is 0 Å². The Balaban J connectivity index is 1.34. The van der Waals surface area contributed by atoms with Gasteiger partial charge in [-0.25, -0.2) is 4.98 Å². The van der Waals surface area contributed by atoms with E-state index in [4.69, 9.17) is 9.40 Å². The maximum absolute atomic E-state index is 5.97. The molecule has 1 aliphatic heterocycles. The molecule has 4 aromatic rings. The standard InChI is InChI=1S/C20H20N4OS2/c1-13(18-22-23-19(25-18)17-9-5-11-26-17)24-10-4-6-14(12-24)20-21-15-7-2-3-8-16(15)27-20/h2-3,5,7-9,11,13-14H,4,6,10,12H2,1H3. The predicted octanol–water partition coefficient (Wildman–Crippen LogP) is 5.35. The van der Waals surface area contributed by atoms with Crippen molar-refractivity contribution in [1.29, 1.82) is 0 Å². The van der Waals surface area contributed by atoms with E-state index in [9.17, 15) is 0 Å². The van der Waals surface area contributed by atoms with E-state index in [2.05, 4.69) is 46.3 Å². The highest BCUT2D eigenvalue weighted by atomic mass is 32.1. The van der Waals surface area contributed by atoms with Gasteiger partial charge in [-0.15, -0.1) is 32.9 Å². The predicted molar refractivity (Wildman–Crippen MR) is 109 cm³/mol. The van der Waals surface area contributed by atoms with Gasteiger partial charge in [-0.1, -0.05) is 18.2 Å². The Morgan fingerprint density at radius 3 is 2.96 bits per heavy atom. The first-order valence-electron chi connectivity index (χ1n) is 9.25. The molecule has 0 radical (unpaired) electrons. The van der Waals surface area contributed by atoms with Gasteiger partial charge in [-0.2, -0.15) is 0 Å². The molecule has 138 valence electrons. The van der Waals surface area contributed by atoms with Crippen LogP contribution in [0.4, 0.5) is 0 Å². The number of para-hydroxylation sites is 1. The Bertz CT molecular complexity index is 1010. The second-order valence-electron chi connectivity index (χ2n) is 6.95. The number of aromatic nitrogens is 3. The molecule has 3 aromatic heterocycles. The molecule has 0 N–H and O–H groups in total. The SMILES string of the molecule is CC(c1nnc(-c2cccs2)o1)N1CCCC(c2nc3ccccc3s2)C1. The molecule has 4 heterocycles. The van der Waals surface area contributed by atoms with Crippen molar-refractivity contribution in [3.8, 4) is 10.8 Å². The monoisotopic (exact) mass is 396 g/mol. The van der Waals surface area contributed by atoms with Crippen molar-refractivity contribution in [2.45, 2.75) is 31.7 Å². The van der Waals surface area contributed by atoms with Crippen LogP contribution in [0.2, 0.25) is 0 Å². The molecule has 1 aliphatic rings. The summed E-state index contributed by atoms with van der Waals surface area (Å²) < 4.78 is 7.24. The average molecular weight is 397 g/mol. The molecule has 27 heavy (non-hydrogen) atoms. The highest BCUT2D eigenvalue weighted by molar-refractivity contribution is 7.18. The van der Waals surface area contributed by atoms with Crippen LogP contribution in [0.25, 0.3) is 21.0 Å². The van der Waals surface area contributed by atoms with E-state index in [1.54, 1.807) is 11.3 Å². The number of hydrogen-bond acceptors (Lipinski definition) is 7. The van der Waals surface area contributed by atoms with Crippen LogP contribution in [0.5, 0.6) is 0 Å². The van der Waals surface area contributed by atoms with E-state index in [1.807, 2.05) is 28.8 Å². The van der Waals surface area contributed by atoms with Crippen molar-refractivity contribution < 1.29 is 4.42 Å². The van der Waals surface area contributed by atoms with Crippen LogP contribution in [0.1, 0.15) is 42.6 Å². The third-order valence-electron chi connectivity index (χ3n) is 5.19. The number of fused-ring (bicyclic) bond motifs is 1. The lowest BCUT2D eigenvalue weighted by Gasteiger charge is -2.34. The quantitative estimate of drug-likeness (QED) is 0.465. The maximum Gasteiger partial charge on any atom is 0.257 e. The highest BCUT2D eigenvalue weighted by Gasteiger charge is 2.29. The van der Waals surface area contributed by atoms with Crippen molar-refractivity contribution >= 4 is 32.9 Å². The van der Waals surface area contributed by atoms with Crippen LogP contribution in [0.15, 0.2) is 46.2 Å². The molecule has 5 rings (SSSR count). The molecular formula is C20H20N4OS2. The molecule has 2 atom stereocenters. The zero-order chi connectivity index (χ0) is 18.2. The summed E-state index contributed by atoms with van der Waals surface area (Å²) in [5, 5.41) is 11.8. The normalized spacial score (nSPS) is 19.5. The molecule has 0 spiro atoms. The number of benzene rings is 1. The van der Waals surface area contributed by atoms with Crippen LogP contribution < -0.4 is 0 Å². The molecule has 0 aliphatic carbocycles. The van der Waals surface area contributed by atoms with Crippen LogP contribution in [-0.4, -0.2) is 33.2 Å². The molecule has 5 nitrogen and oxygen atoms in total. The lowest BCUT2D eigenvalue weighted by Crippen LogP contribution is -2.36. The van der Waals surface area contributed by atoms with E-state index in [0.29, 0.717) is 17.7 Å². The van der Waals surface area contributed by atoms with Gasteiger partial charge in [-0.05, 0) is 49.9 Å². The first kappa shape index (κ1) is 17.0. The van der Waals surface area contributed by atoms with Gasteiger partial charge >= 0.3 is 0 Å². The number of thiophene rings is 1. The average Bonchev–Trinajstić information content (AvgIpc) is 3.47. The van der Waals surface area contributed by atoms with E-state index in [1.165, 1.54) is 16.1 Å². The van der Waals surface area contributed by atoms with Crippen molar-refractivity contribution in [2.75, 3.05) is 13.1 Å². The zero-order valence-electron chi connectivity index (χ0n) is 15.0. The smallest absolute Gasteiger partial charge is 0.257 e. The second kappa shape index (κ2) is 7.14. The van der Waals surface area contributed by atoms with Crippen molar-refractivity contribution in [1.82, 2.24) is 20.1 Å². The summed E-state index contributed by atoms with van der Waals surface area (Å²) in [6.07, 6.45) is 2.35. The van der Waals surface area contributed by atoms with Crippen molar-refractivity contribution in [3.63, 3.8) is 0 Å². The summed E-state index contributed by atoms with van der Waals surface area (Å²) in [5.41, 5.74) is 1.11. The van der Waals surface area contributed by atoms with Crippen LogP contribution >= 0.6 is 22.7 Å². The third kappa shape index (κ3) is 3.31. The Labute approximate surface area is 165 Å². The summed E-state index contributed by atoms with van der Waals surface area (Å²) in [6, 6.07) is 12.5. The molecule has 2 unspecified atom stereocenters. The van der Waals surface area contributed by atoms with E-state index in [0.717, 1.165) is 29.9 Å². The fourth-order valence-corrected chi connectivity index (χ4v) is 5.42. The van der Waals surface area contributed by atoms with E-state index >= 15 is 0 Å². The minimum absolute atomic E-state index is 0.114. The number of nitrogens with zero attached hydrogens (tertiary/aromatic N) is 4. The van der Waals surface area contributed by atoms with Crippen molar-refractivity contribution in [3.05, 3.63) is 52.7 Å². The Morgan fingerprint density at radius 2 is 2.11 bits per heavy atom. The topological polar surface area (TPSA) is 55.1 Å². The van der Waals surface area contributed by atoms with Gasteiger partial charge < -0.3 is 4.42 Å². The van der Waals surface area contributed by atoms with Crippen LogP contribution in [-0.2, 0) is 0 Å². The third-order valence-corrected chi connectivity index (χ3v) is 7.25. The lowest BCUT2D eigenvalue weighted by atomic mass is 9.97. The van der Waals surface area contributed by atoms with Gasteiger partial charge in [0.1, 0.15) is 0 Å². The molecule has 1 aromatic carbocycles. The summed E-state index contributed by atoms with van der Waals surface area (Å²) in [7, 11) is 0. The van der Waals surface area contributed by atoms with Gasteiger partial charge in [0.05, 0.1) is 26.1 Å². The first-order valence-corrected chi connectivity index (χ1v) is 10.9. The fourth-order valence-electron chi connectivity index (χ4n) is 3.68. The van der Waals surface area contributed by atoms with Gasteiger partial charge in [-0.3, -0.25) is 4.90 Å². The number of thiazole rings is 1. The summed E-state index contributed by atoms with van der Waals surface area (Å²) in [6.45, 7) is 4.20. The number of likely N-dealkylation sites (tertiary alicyclic amines) is 1. The zero-order valence-corrected chi connectivity index (χ0v) is 16.7. The first-order chi connectivity index (χ1) is 13.3. The number of hydrogen-bond donors (Lipinski definition) is 0. The van der Waals surface area contributed by atoms with Gasteiger partial charge in [0.25, 0.3) is 5.89 Å². The molecule has 1 saturated heterocycles. The largest absolute Gasteiger partial charge is 0.418 e. The lowest BCUT2D eigenvalue weighted by molar-refractivity contribution is 0.139. The molecule has 0 amide bonds. The summed E-state index contributed by atoms with van der Waals surface area (Å²) in [5.74, 6) is 1.79. The van der Waals surface area contributed by atoms with Gasteiger partial charge in [0.2, 0.25) is 5.89 Å². The minimum Gasteiger partial charge on any atom is -0.418 e. The summed E-state index contributed by atoms with van der Waals surface area (Å²) in [4.78, 5) is 8.35. The van der Waals surface area contributed by atoms with Crippen molar-refractivity contribution in [2.24, 2.45) is 0 Å². The summed E-state index contributed by atoms with van der Waals surface area (Å²) >= 11 is 3.45. The molecule has 1 fully saturated rings. The van der Waals surface area contributed by atoms with Gasteiger partial charge in [0, 0.05) is 12.5 Å². The molecular weight excluding hydrogens is 376 g/mol.